The van der Waals surface area contributed by atoms with Crippen molar-refractivity contribution in [3.63, 3.8) is 0 Å². The lowest BCUT2D eigenvalue weighted by Gasteiger charge is -2.23. The van der Waals surface area contributed by atoms with Crippen LogP contribution >= 0.6 is 34.8 Å². The van der Waals surface area contributed by atoms with Crippen molar-refractivity contribution in [3.05, 3.63) is 0 Å². The standard InChI is InChI=1S/C5H9Cl3N2O/c1-2-9-4(10-3-11)5(6,7)8/h3-4,9H,2H2,1H3,(H,10,11). The number of hydrogen-bond donors (Lipinski definition) is 2. The van der Waals surface area contributed by atoms with Gasteiger partial charge in [-0.1, -0.05) is 41.7 Å². The molecule has 2 N–H and O–H groups in total. The molecule has 0 saturated carbocycles. The van der Waals surface area contributed by atoms with Crippen LogP contribution in [0.25, 0.3) is 0 Å². The van der Waals surface area contributed by atoms with Gasteiger partial charge in [0.25, 0.3) is 0 Å². The highest BCUT2D eigenvalue weighted by Crippen LogP contribution is 2.28. The lowest BCUT2D eigenvalue weighted by molar-refractivity contribution is -0.110. The molecule has 0 rings (SSSR count). The fourth-order valence-corrected chi connectivity index (χ4v) is 0.962. The number of halogens is 3. The molecule has 0 aliphatic heterocycles. The van der Waals surface area contributed by atoms with E-state index in [0.717, 1.165) is 0 Å². The van der Waals surface area contributed by atoms with Crippen LogP contribution in [-0.2, 0) is 4.79 Å². The first-order valence-electron chi connectivity index (χ1n) is 3.02. The quantitative estimate of drug-likeness (QED) is 0.421. The van der Waals surface area contributed by atoms with E-state index in [1.807, 2.05) is 6.92 Å². The third kappa shape index (κ3) is 4.69. The largest absolute Gasteiger partial charge is 0.339 e. The number of amides is 1. The molecule has 0 bridgehead atoms. The average molecular weight is 219 g/mol. The summed E-state index contributed by atoms with van der Waals surface area (Å²) in [7, 11) is 0. The van der Waals surface area contributed by atoms with Gasteiger partial charge in [0.1, 0.15) is 6.17 Å². The van der Waals surface area contributed by atoms with E-state index in [2.05, 4.69) is 10.6 Å². The zero-order valence-electron chi connectivity index (χ0n) is 5.90. The number of alkyl halides is 3. The number of nitrogens with one attached hydrogen (secondary N) is 2. The predicted octanol–water partition coefficient (Wildman–Crippen LogP) is 1.04. The summed E-state index contributed by atoms with van der Waals surface area (Å²) in [6.07, 6.45) is -0.162. The topological polar surface area (TPSA) is 41.1 Å². The molecule has 0 spiro atoms. The van der Waals surface area contributed by atoms with Crippen LogP contribution in [-0.4, -0.2) is 22.9 Å². The molecule has 66 valence electrons. The molecule has 1 unspecified atom stereocenters. The van der Waals surface area contributed by atoms with E-state index in [4.69, 9.17) is 34.8 Å². The van der Waals surface area contributed by atoms with E-state index in [-0.39, 0.29) is 0 Å². The van der Waals surface area contributed by atoms with Crippen molar-refractivity contribution in [2.75, 3.05) is 6.54 Å². The van der Waals surface area contributed by atoms with Gasteiger partial charge in [0.05, 0.1) is 0 Å². The van der Waals surface area contributed by atoms with Crippen LogP contribution in [0, 0.1) is 0 Å². The molecule has 0 aliphatic rings. The predicted molar refractivity (Wildman–Crippen MR) is 47.0 cm³/mol. The minimum absolute atomic E-state index is 0.481. The monoisotopic (exact) mass is 218 g/mol. The van der Waals surface area contributed by atoms with Gasteiger partial charge in [0.2, 0.25) is 10.2 Å². The second-order valence-corrected chi connectivity index (χ2v) is 4.19. The van der Waals surface area contributed by atoms with Crippen LogP contribution in [0.2, 0.25) is 0 Å². The normalized spacial score (nSPS) is 14.2. The van der Waals surface area contributed by atoms with Crippen LogP contribution in [0.1, 0.15) is 6.92 Å². The van der Waals surface area contributed by atoms with Gasteiger partial charge in [-0.25, -0.2) is 0 Å². The molecule has 0 fully saturated rings. The van der Waals surface area contributed by atoms with Crippen LogP contribution in [0.4, 0.5) is 0 Å². The highest BCUT2D eigenvalue weighted by molar-refractivity contribution is 6.68. The van der Waals surface area contributed by atoms with Gasteiger partial charge in [-0.05, 0) is 6.54 Å². The number of carbonyl (C=O) groups is 1. The first-order valence-corrected chi connectivity index (χ1v) is 4.15. The van der Waals surface area contributed by atoms with Gasteiger partial charge >= 0.3 is 0 Å². The van der Waals surface area contributed by atoms with Crippen LogP contribution in [0.15, 0.2) is 0 Å². The zero-order chi connectivity index (χ0) is 8.91. The summed E-state index contributed by atoms with van der Waals surface area (Å²) in [5, 5.41) is 5.12. The molecule has 6 heteroatoms. The molecule has 0 aromatic rings. The Morgan fingerprint density at radius 3 is 2.36 bits per heavy atom. The summed E-state index contributed by atoms with van der Waals surface area (Å²) in [6.45, 7) is 2.45. The maximum atomic E-state index is 10.0. The molecule has 0 aromatic carbocycles. The first kappa shape index (κ1) is 11.3. The summed E-state index contributed by atoms with van der Waals surface area (Å²) in [4.78, 5) is 10.0. The van der Waals surface area contributed by atoms with Crippen molar-refractivity contribution in [1.29, 1.82) is 0 Å². The van der Waals surface area contributed by atoms with Crippen molar-refractivity contribution in [2.45, 2.75) is 16.9 Å². The Morgan fingerprint density at radius 2 is 2.09 bits per heavy atom. The minimum atomic E-state index is -1.52. The maximum Gasteiger partial charge on any atom is 0.223 e. The van der Waals surface area contributed by atoms with Crippen molar-refractivity contribution in [2.24, 2.45) is 0 Å². The van der Waals surface area contributed by atoms with Gasteiger partial charge in [0.15, 0.2) is 0 Å². The lowest BCUT2D eigenvalue weighted by atomic mass is 10.5. The molecule has 11 heavy (non-hydrogen) atoms. The Morgan fingerprint density at radius 1 is 1.55 bits per heavy atom. The van der Waals surface area contributed by atoms with Gasteiger partial charge in [0, 0.05) is 0 Å². The molecule has 0 aliphatic carbocycles. The average Bonchev–Trinajstić information content (AvgIpc) is 1.85. The van der Waals surface area contributed by atoms with Gasteiger partial charge in [-0.15, -0.1) is 0 Å². The van der Waals surface area contributed by atoms with Crippen LogP contribution in [0.3, 0.4) is 0 Å². The molecule has 0 heterocycles. The zero-order valence-corrected chi connectivity index (χ0v) is 8.17. The summed E-state index contributed by atoms with van der Waals surface area (Å²) in [5.74, 6) is 0. The van der Waals surface area contributed by atoms with Crippen molar-refractivity contribution in [3.8, 4) is 0 Å². The van der Waals surface area contributed by atoms with Gasteiger partial charge in [-0.3, -0.25) is 10.1 Å². The first-order chi connectivity index (χ1) is 5.02. The maximum absolute atomic E-state index is 10.0. The molecule has 1 atom stereocenters. The van der Waals surface area contributed by atoms with E-state index in [1.165, 1.54) is 0 Å². The fraction of sp³-hybridized carbons (Fsp3) is 0.800. The number of hydrogen-bond acceptors (Lipinski definition) is 2. The fourth-order valence-electron chi connectivity index (χ4n) is 0.541. The number of carbonyl (C=O) groups excluding carboxylic acids is 1. The molecular weight excluding hydrogens is 210 g/mol. The Balaban J connectivity index is 3.97. The van der Waals surface area contributed by atoms with E-state index in [9.17, 15) is 4.79 Å². The Hall–Kier alpha value is 0.300. The number of rotatable bonds is 4. The SMILES string of the molecule is CCNC(NC=O)C(Cl)(Cl)Cl. The lowest BCUT2D eigenvalue weighted by Crippen LogP contribution is -2.50. The smallest absolute Gasteiger partial charge is 0.223 e. The summed E-state index contributed by atoms with van der Waals surface area (Å²) >= 11 is 16.5. The Labute approximate surface area is 80.4 Å². The van der Waals surface area contributed by atoms with Crippen molar-refractivity contribution < 1.29 is 4.79 Å². The van der Waals surface area contributed by atoms with E-state index < -0.39 is 9.96 Å². The summed E-state index contributed by atoms with van der Waals surface area (Å²) in [6, 6.07) is 0. The van der Waals surface area contributed by atoms with Crippen LogP contribution in [0.5, 0.6) is 0 Å². The highest BCUT2D eigenvalue weighted by Gasteiger charge is 2.31. The van der Waals surface area contributed by atoms with Crippen molar-refractivity contribution in [1.82, 2.24) is 10.6 Å². The summed E-state index contributed by atoms with van der Waals surface area (Å²) in [5.41, 5.74) is 0. The molecule has 0 aromatic heterocycles. The van der Waals surface area contributed by atoms with E-state index in [1.54, 1.807) is 0 Å². The second kappa shape index (κ2) is 5.04. The van der Waals surface area contributed by atoms with Gasteiger partial charge < -0.3 is 5.32 Å². The highest BCUT2D eigenvalue weighted by atomic mass is 35.6. The molecule has 3 nitrogen and oxygen atoms in total. The molecule has 0 saturated heterocycles. The third-order valence-electron chi connectivity index (χ3n) is 0.970. The minimum Gasteiger partial charge on any atom is -0.339 e. The molecule has 1 amide bonds. The molecule has 0 radical (unpaired) electrons. The Kier molecular flexibility index (Phi) is 5.17. The third-order valence-corrected chi connectivity index (χ3v) is 1.62. The Bertz CT molecular complexity index is 125. The van der Waals surface area contributed by atoms with E-state index >= 15 is 0 Å². The molecular formula is C5H9Cl3N2O. The van der Waals surface area contributed by atoms with E-state index in [0.29, 0.717) is 13.0 Å². The van der Waals surface area contributed by atoms with Crippen molar-refractivity contribution >= 4 is 41.2 Å². The van der Waals surface area contributed by atoms with Crippen LogP contribution < -0.4 is 10.6 Å². The second-order valence-electron chi connectivity index (χ2n) is 1.82. The van der Waals surface area contributed by atoms with Gasteiger partial charge in [-0.2, -0.15) is 0 Å². The summed E-state index contributed by atoms with van der Waals surface area (Å²) < 4.78 is -1.52.